The lowest BCUT2D eigenvalue weighted by molar-refractivity contribution is -0.148. The number of halogens is 2. The Balaban J connectivity index is 1.46. The number of benzene rings is 1. The summed E-state index contributed by atoms with van der Waals surface area (Å²) in [5.74, 6) is -2.35. The number of hydrogen-bond acceptors (Lipinski definition) is 5. The van der Waals surface area contributed by atoms with Gasteiger partial charge >= 0.3 is 5.97 Å². The SMILES string of the molecule is CC1(C(=O)O)CC=C(CNC(=O)c2cc(C(=O)NCc3ccc(F)c(Cl)c3)nc3ccnn23)CC1. The molecular weight excluding hydrogens is 477 g/mol. The Labute approximate surface area is 205 Å². The Bertz CT molecular complexity index is 1350. The smallest absolute Gasteiger partial charge is 0.309 e. The predicted octanol–water partition coefficient (Wildman–Crippen LogP) is 3.38. The summed E-state index contributed by atoms with van der Waals surface area (Å²) < 4.78 is 14.7. The van der Waals surface area contributed by atoms with Gasteiger partial charge in [-0.1, -0.05) is 29.3 Å². The fourth-order valence-corrected chi connectivity index (χ4v) is 3.97. The van der Waals surface area contributed by atoms with Crippen molar-refractivity contribution in [3.8, 4) is 0 Å². The molecule has 0 saturated carbocycles. The van der Waals surface area contributed by atoms with Crippen LogP contribution in [0.5, 0.6) is 0 Å². The third-order valence-electron chi connectivity index (χ3n) is 6.09. The molecule has 9 nitrogen and oxygen atoms in total. The van der Waals surface area contributed by atoms with Crippen LogP contribution in [0, 0.1) is 11.2 Å². The zero-order chi connectivity index (χ0) is 25.2. The van der Waals surface area contributed by atoms with Gasteiger partial charge in [0.05, 0.1) is 16.6 Å². The molecular formula is C24H23ClFN5O4. The molecule has 1 aliphatic carbocycles. The number of carbonyl (C=O) groups excluding carboxylic acids is 2. The molecule has 11 heteroatoms. The van der Waals surface area contributed by atoms with E-state index in [4.69, 9.17) is 11.6 Å². The van der Waals surface area contributed by atoms with Crippen LogP contribution in [0.3, 0.4) is 0 Å². The summed E-state index contributed by atoms with van der Waals surface area (Å²) in [4.78, 5) is 41.4. The first kappa shape index (κ1) is 24.3. The molecule has 3 aromatic rings. The zero-order valence-electron chi connectivity index (χ0n) is 18.8. The molecule has 0 fully saturated rings. The van der Waals surface area contributed by atoms with Crippen LogP contribution < -0.4 is 10.6 Å². The van der Waals surface area contributed by atoms with Gasteiger partial charge in [-0.3, -0.25) is 14.4 Å². The first-order valence-corrected chi connectivity index (χ1v) is 11.3. The van der Waals surface area contributed by atoms with E-state index in [1.165, 1.54) is 35.0 Å². The van der Waals surface area contributed by atoms with Crippen LogP contribution in [0.2, 0.25) is 5.02 Å². The van der Waals surface area contributed by atoms with Crippen molar-refractivity contribution < 1.29 is 23.9 Å². The number of aliphatic carboxylic acids is 1. The standard InChI is InChI=1S/C24H23ClFN5O4/c1-24(23(34)35)7-4-14(5-8-24)12-28-22(33)19-11-18(30-20-6-9-29-31(19)20)21(32)27-13-15-2-3-17(26)16(25)10-15/h2-4,6,9-11H,5,7-8,12-13H2,1H3,(H,27,32)(H,28,33)(H,34,35). The molecule has 1 unspecified atom stereocenters. The number of nitrogens with zero attached hydrogens (tertiary/aromatic N) is 3. The van der Waals surface area contributed by atoms with E-state index in [1.54, 1.807) is 13.0 Å². The Kier molecular flexibility index (Phi) is 6.83. The number of fused-ring (bicyclic) bond motifs is 1. The molecule has 4 rings (SSSR count). The number of amides is 2. The molecule has 0 spiro atoms. The van der Waals surface area contributed by atoms with Gasteiger partial charge < -0.3 is 15.7 Å². The van der Waals surface area contributed by atoms with Gasteiger partial charge in [0.2, 0.25) is 0 Å². The van der Waals surface area contributed by atoms with Crippen LogP contribution in [0.15, 0.2) is 48.2 Å². The molecule has 0 saturated heterocycles. The zero-order valence-corrected chi connectivity index (χ0v) is 19.6. The van der Waals surface area contributed by atoms with Crippen molar-refractivity contribution in [2.24, 2.45) is 5.41 Å². The maximum atomic E-state index is 13.3. The molecule has 0 bridgehead atoms. The van der Waals surface area contributed by atoms with Gasteiger partial charge in [-0.2, -0.15) is 5.10 Å². The Hall–Kier alpha value is -3.79. The average molecular weight is 500 g/mol. The van der Waals surface area contributed by atoms with Crippen LogP contribution in [0.1, 0.15) is 52.7 Å². The van der Waals surface area contributed by atoms with E-state index in [2.05, 4.69) is 20.7 Å². The van der Waals surface area contributed by atoms with Gasteiger partial charge in [-0.05, 0) is 43.9 Å². The van der Waals surface area contributed by atoms with Gasteiger partial charge in [0.25, 0.3) is 11.8 Å². The van der Waals surface area contributed by atoms with Gasteiger partial charge in [0, 0.05) is 25.2 Å². The van der Waals surface area contributed by atoms with Crippen LogP contribution in [-0.2, 0) is 11.3 Å². The maximum Gasteiger partial charge on any atom is 0.309 e. The van der Waals surface area contributed by atoms with E-state index in [0.717, 1.165) is 5.57 Å². The van der Waals surface area contributed by atoms with E-state index < -0.39 is 29.0 Å². The summed E-state index contributed by atoms with van der Waals surface area (Å²) in [6, 6.07) is 7.06. The lowest BCUT2D eigenvalue weighted by Gasteiger charge is -2.28. The third kappa shape index (κ3) is 5.32. The number of carbonyl (C=O) groups is 3. The molecule has 35 heavy (non-hydrogen) atoms. The van der Waals surface area contributed by atoms with Crippen LogP contribution in [0.25, 0.3) is 5.65 Å². The molecule has 1 atom stereocenters. The highest BCUT2D eigenvalue weighted by Crippen LogP contribution is 2.35. The van der Waals surface area contributed by atoms with Crippen LogP contribution >= 0.6 is 11.6 Å². The molecule has 2 heterocycles. The molecule has 3 N–H and O–H groups in total. The summed E-state index contributed by atoms with van der Waals surface area (Å²) in [5, 5.41) is 18.9. The van der Waals surface area contributed by atoms with Crippen molar-refractivity contribution in [3.63, 3.8) is 0 Å². The first-order chi connectivity index (χ1) is 16.7. The fourth-order valence-electron chi connectivity index (χ4n) is 3.76. The normalized spacial score (nSPS) is 17.6. The quantitative estimate of drug-likeness (QED) is 0.428. The Morgan fingerprint density at radius 1 is 1.17 bits per heavy atom. The van der Waals surface area contributed by atoms with Gasteiger partial charge in [-0.25, -0.2) is 13.9 Å². The number of nitrogens with one attached hydrogen (secondary N) is 2. The van der Waals surface area contributed by atoms with E-state index in [0.29, 0.717) is 30.5 Å². The molecule has 0 aliphatic heterocycles. The average Bonchev–Trinajstić information content (AvgIpc) is 3.32. The highest BCUT2D eigenvalue weighted by atomic mass is 35.5. The summed E-state index contributed by atoms with van der Waals surface area (Å²) in [5.41, 5.74) is 1.22. The number of allylic oxidation sites excluding steroid dienone is 1. The lowest BCUT2D eigenvalue weighted by Crippen LogP contribution is -2.33. The van der Waals surface area contributed by atoms with E-state index in [1.807, 2.05) is 6.08 Å². The number of hydrogen-bond donors (Lipinski definition) is 3. The summed E-state index contributed by atoms with van der Waals surface area (Å²) >= 11 is 5.78. The van der Waals surface area contributed by atoms with E-state index in [-0.39, 0.29) is 29.5 Å². The van der Waals surface area contributed by atoms with E-state index >= 15 is 0 Å². The largest absolute Gasteiger partial charge is 0.481 e. The molecule has 0 radical (unpaired) electrons. The first-order valence-electron chi connectivity index (χ1n) is 10.9. The summed E-state index contributed by atoms with van der Waals surface area (Å²) in [6.07, 6.45) is 4.78. The third-order valence-corrected chi connectivity index (χ3v) is 6.38. The molecule has 1 aliphatic rings. The van der Waals surface area contributed by atoms with Gasteiger partial charge in [0.1, 0.15) is 17.2 Å². The number of carboxylic acids is 1. The number of rotatable bonds is 7. The predicted molar refractivity (Wildman–Crippen MR) is 126 cm³/mol. The van der Waals surface area contributed by atoms with Crippen LogP contribution in [0.4, 0.5) is 4.39 Å². The van der Waals surface area contributed by atoms with Crippen molar-refractivity contribution in [1.29, 1.82) is 0 Å². The minimum atomic E-state index is -0.831. The molecule has 2 amide bonds. The topological polar surface area (TPSA) is 126 Å². The minimum Gasteiger partial charge on any atom is -0.481 e. The Morgan fingerprint density at radius 3 is 2.63 bits per heavy atom. The molecule has 1 aromatic carbocycles. The second-order valence-electron chi connectivity index (χ2n) is 8.67. The van der Waals surface area contributed by atoms with Crippen LogP contribution in [-0.4, -0.2) is 44.0 Å². The van der Waals surface area contributed by atoms with Crippen molar-refractivity contribution >= 4 is 35.0 Å². The second-order valence-corrected chi connectivity index (χ2v) is 9.08. The summed E-state index contributed by atoms with van der Waals surface area (Å²) in [6.45, 7) is 2.06. The molecule has 182 valence electrons. The van der Waals surface area contributed by atoms with Gasteiger partial charge in [-0.15, -0.1) is 0 Å². The number of carboxylic acid groups (broad SMARTS) is 1. The maximum absolute atomic E-state index is 13.3. The second kappa shape index (κ2) is 9.83. The van der Waals surface area contributed by atoms with E-state index in [9.17, 15) is 23.9 Å². The fraction of sp³-hybridized carbons (Fsp3) is 0.292. The lowest BCUT2D eigenvalue weighted by atomic mass is 9.76. The highest BCUT2D eigenvalue weighted by molar-refractivity contribution is 6.30. The highest BCUT2D eigenvalue weighted by Gasteiger charge is 2.34. The van der Waals surface area contributed by atoms with Crippen molar-refractivity contribution in [2.45, 2.75) is 32.7 Å². The van der Waals surface area contributed by atoms with Gasteiger partial charge in [0.15, 0.2) is 5.65 Å². The van der Waals surface area contributed by atoms with Crippen molar-refractivity contribution in [1.82, 2.24) is 25.2 Å². The summed E-state index contributed by atoms with van der Waals surface area (Å²) in [7, 11) is 0. The van der Waals surface area contributed by atoms with Crippen molar-refractivity contribution in [2.75, 3.05) is 6.54 Å². The van der Waals surface area contributed by atoms with Crippen molar-refractivity contribution in [3.05, 3.63) is 76.0 Å². The monoisotopic (exact) mass is 499 g/mol. The molecule has 2 aromatic heterocycles. The minimum absolute atomic E-state index is 0.0189. The number of aromatic nitrogens is 3. The Morgan fingerprint density at radius 2 is 1.94 bits per heavy atom.